The molecule has 1 N–H and O–H groups in total. The number of hydrogen-bond donors (Lipinski definition) is 1. The van der Waals surface area contributed by atoms with Crippen LogP contribution < -0.4 is 4.90 Å². The molecule has 146 valence electrons. The lowest BCUT2D eigenvalue weighted by molar-refractivity contribution is 0.0802. The molecule has 6 heteroatoms. The van der Waals surface area contributed by atoms with Gasteiger partial charge in [-0.1, -0.05) is 12.1 Å². The maximum Gasteiger partial charge on any atom is 0.255 e. The van der Waals surface area contributed by atoms with Gasteiger partial charge >= 0.3 is 0 Å². The first kappa shape index (κ1) is 18.5. The SMILES string of the molecule is CCN(C)C(=O)c1ccc(N2CCC(c3nc4c(C)cccc4[nH]3)CC2)nc1. The van der Waals surface area contributed by atoms with E-state index in [1.807, 2.05) is 19.1 Å². The van der Waals surface area contributed by atoms with Crippen molar-refractivity contribution in [3.05, 3.63) is 53.5 Å². The molecule has 1 aromatic carbocycles. The molecular weight excluding hydrogens is 350 g/mol. The molecular formula is C22H27N5O. The normalized spacial score (nSPS) is 15.2. The molecule has 6 nitrogen and oxygen atoms in total. The van der Waals surface area contributed by atoms with E-state index in [-0.39, 0.29) is 5.91 Å². The number of pyridine rings is 1. The first-order valence-electron chi connectivity index (χ1n) is 9.98. The minimum atomic E-state index is 0.0143. The van der Waals surface area contributed by atoms with Gasteiger partial charge in [0.1, 0.15) is 11.6 Å². The number of imidazole rings is 1. The monoisotopic (exact) mass is 377 g/mol. The molecule has 0 unspecified atom stereocenters. The van der Waals surface area contributed by atoms with Crippen LogP contribution in [-0.4, -0.2) is 52.4 Å². The quantitative estimate of drug-likeness (QED) is 0.752. The number of H-pyrrole nitrogens is 1. The van der Waals surface area contributed by atoms with Gasteiger partial charge in [-0.15, -0.1) is 0 Å². The average molecular weight is 377 g/mol. The Morgan fingerprint density at radius 2 is 2.04 bits per heavy atom. The van der Waals surface area contributed by atoms with E-state index in [0.717, 1.165) is 48.6 Å². The Labute approximate surface area is 165 Å². The molecule has 0 atom stereocenters. The molecule has 0 bridgehead atoms. The van der Waals surface area contributed by atoms with Gasteiger partial charge < -0.3 is 14.8 Å². The van der Waals surface area contributed by atoms with E-state index in [9.17, 15) is 4.79 Å². The summed E-state index contributed by atoms with van der Waals surface area (Å²) in [6.07, 6.45) is 3.78. The van der Waals surface area contributed by atoms with Gasteiger partial charge in [0.2, 0.25) is 0 Å². The molecule has 4 rings (SSSR count). The number of nitrogens with one attached hydrogen (secondary N) is 1. The van der Waals surface area contributed by atoms with Crippen LogP contribution in [0.3, 0.4) is 0 Å². The molecule has 0 spiro atoms. The molecule has 1 aliphatic rings. The fraction of sp³-hybridized carbons (Fsp3) is 0.409. The summed E-state index contributed by atoms with van der Waals surface area (Å²) in [6.45, 7) is 6.64. The van der Waals surface area contributed by atoms with Crippen LogP contribution in [-0.2, 0) is 0 Å². The van der Waals surface area contributed by atoms with Gasteiger partial charge in [0.25, 0.3) is 5.91 Å². The van der Waals surface area contributed by atoms with Crippen LogP contribution in [0.25, 0.3) is 11.0 Å². The van der Waals surface area contributed by atoms with Crippen LogP contribution in [0.1, 0.15) is 47.4 Å². The summed E-state index contributed by atoms with van der Waals surface area (Å²) in [5.74, 6) is 2.50. The van der Waals surface area contributed by atoms with Crippen molar-refractivity contribution in [2.75, 3.05) is 31.6 Å². The lowest BCUT2D eigenvalue weighted by Crippen LogP contribution is -2.34. The van der Waals surface area contributed by atoms with Crippen molar-refractivity contribution < 1.29 is 4.79 Å². The Morgan fingerprint density at radius 3 is 2.68 bits per heavy atom. The van der Waals surface area contributed by atoms with E-state index < -0.39 is 0 Å². The first-order valence-corrected chi connectivity index (χ1v) is 9.98. The van der Waals surface area contributed by atoms with Crippen LogP contribution in [0, 0.1) is 6.92 Å². The molecule has 1 amide bonds. The number of carbonyl (C=O) groups is 1. The highest BCUT2D eigenvalue weighted by Crippen LogP contribution is 2.30. The van der Waals surface area contributed by atoms with E-state index in [4.69, 9.17) is 4.98 Å². The number of aryl methyl sites for hydroxylation is 1. The zero-order valence-corrected chi connectivity index (χ0v) is 16.8. The molecule has 28 heavy (non-hydrogen) atoms. The number of amides is 1. The Bertz CT molecular complexity index is 970. The molecule has 0 saturated carbocycles. The lowest BCUT2D eigenvalue weighted by atomic mass is 9.96. The van der Waals surface area contributed by atoms with E-state index in [1.54, 1.807) is 18.1 Å². The third-order valence-electron chi connectivity index (χ3n) is 5.75. The number of hydrogen-bond acceptors (Lipinski definition) is 4. The summed E-state index contributed by atoms with van der Waals surface area (Å²) >= 11 is 0. The van der Waals surface area contributed by atoms with Gasteiger partial charge in [-0.05, 0) is 50.5 Å². The van der Waals surface area contributed by atoms with Crippen molar-refractivity contribution in [1.29, 1.82) is 0 Å². The summed E-state index contributed by atoms with van der Waals surface area (Å²) in [7, 11) is 1.81. The fourth-order valence-corrected chi connectivity index (χ4v) is 3.83. The van der Waals surface area contributed by atoms with Gasteiger partial charge in [0.05, 0.1) is 16.6 Å². The highest BCUT2D eigenvalue weighted by atomic mass is 16.2. The lowest BCUT2D eigenvalue weighted by Gasteiger charge is -2.32. The number of nitrogens with zero attached hydrogens (tertiary/aromatic N) is 4. The van der Waals surface area contributed by atoms with Crippen molar-refractivity contribution in [1.82, 2.24) is 19.9 Å². The summed E-state index contributed by atoms with van der Waals surface area (Å²) in [6, 6.07) is 10.1. The number of anilines is 1. The van der Waals surface area contributed by atoms with Gasteiger partial charge in [-0.2, -0.15) is 0 Å². The summed E-state index contributed by atoms with van der Waals surface area (Å²) < 4.78 is 0. The second-order valence-electron chi connectivity index (χ2n) is 7.58. The van der Waals surface area contributed by atoms with E-state index in [2.05, 4.69) is 40.0 Å². The second kappa shape index (κ2) is 7.62. The van der Waals surface area contributed by atoms with Gasteiger partial charge in [0.15, 0.2) is 0 Å². The standard InChI is InChI=1S/C22H27N5O/c1-4-26(3)22(28)17-8-9-19(23-14-17)27-12-10-16(11-13-27)21-24-18-7-5-6-15(2)20(18)25-21/h5-9,14,16H,4,10-13H2,1-3H3,(H,24,25). The van der Waals surface area contributed by atoms with Gasteiger partial charge in [-0.3, -0.25) is 4.79 Å². The third-order valence-corrected chi connectivity index (χ3v) is 5.75. The fourth-order valence-electron chi connectivity index (χ4n) is 3.83. The maximum atomic E-state index is 12.2. The molecule has 1 fully saturated rings. The number of fused-ring (bicyclic) bond motifs is 1. The number of benzene rings is 1. The molecule has 3 heterocycles. The Balaban J connectivity index is 1.42. The molecule has 1 aliphatic heterocycles. The van der Waals surface area contributed by atoms with Crippen LogP contribution in [0.2, 0.25) is 0 Å². The van der Waals surface area contributed by atoms with Crippen LogP contribution >= 0.6 is 0 Å². The topological polar surface area (TPSA) is 65.1 Å². The maximum absolute atomic E-state index is 12.2. The molecule has 2 aromatic heterocycles. The smallest absolute Gasteiger partial charge is 0.255 e. The minimum Gasteiger partial charge on any atom is -0.357 e. The largest absolute Gasteiger partial charge is 0.357 e. The third kappa shape index (κ3) is 3.46. The first-order chi connectivity index (χ1) is 13.6. The second-order valence-corrected chi connectivity index (χ2v) is 7.58. The number of aromatic amines is 1. The molecule has 1 saturated heterocycles. The van der Waals surface area contributed by atoms with Crippen molar-refractivity contribution in [3.63, 3.8) is 0 Å². The van der Waals surface area contributed by atoms with Crippen molar-refractivity contribution >= 4 is 22.8 Å². The Hall–Kier alpha value is -2.89. The highest BCUT2D eigenvalue weighted by Gasteiger charge is 2.24. The minimum absolute atomic E-state index is 0.0143. The molecule has 0 aliphatic carbocycles. The Morgan fingerprint density at radius 1 is 1.25 bits per heavy atom. The average Bonchev–Trinajstić information content (AvgIpc) is 3.19. The van der Waals surface area contributed by atoms with Crippen molar-refractivity contribution in [2.24, 2.45) is 0 Å². The van der Waals surface area contributed by atoms with Crippen LogP contribution in [0.15, 0.2) is 36.5 Å². The molecule has 0 radical (unpaired) electrons. The zero-order chi connectivity index (χ0) is 19.7. The Kier molecular flexibility index (Phi) is 5.03. The van der Waals surface area contributed by atoms with E-state index in [0.29, 0.717) is 18.0 Å². The van der Waals surface area contributed by atoms with Gasteiger partial charge in [0, 0.05) is 38.8 Å². The number of piperidine rings is 1. The summed E-state index contributed by atoms with van der Waals surface area (Å²) in [5.41, 5.74) is 4.06. The zero-order valence-electron chi connectivity index (χ0n) is 16.8. The number of carbonyl (C=O) groups excluding carboxylic acids is 1. The number of para-hydroxylation sites is 1. The van der Waals surface area contributed by atoms with E-state index in [1.165, 1.54) is 5.56 Å². The summed E-state index contributed by atoms with van der Waals surface area (Å²) in [4.78, 5) is 29.1. The van der Waals surface area contributed by atoms with Gasteiger partial charge in [-0.25, -0.2) is 9.97 Å². The highest BCUT2D eigenvalue weighted by molar-refractivity contribution is 5.93. The molecule has 3 aromatic rings. The number of rotatable bonds is 4. The summed E-state index contributed by atoms with van der Waals surface area (Å²) in [5, 5.41) is 0. The van der Waals surface area contributed by atoms with E-state index >= 15 is 0 Å². The van der Waals surface area contributed by atoms with Crippen LogP contribution in [0.4, 0.5) is 5.82 Å². The van der Waals surface area contributed by atoms with Crippen molar-refractivity contribution in [3.8, 4) is 0 Å². The number of aromatic nitrogens is 3. The van der Waals surface area contributed by atoms with Crippen molar-refractivity contribution in [2.45, 2.75) is 32.6 Å². The predicted octanol–water partition coefficient (Wildman–Crippen LogP) is 3.74. The predicted molar refractivity (Wildman–Crippen MR) is 112 cm³/mol. The van der Waals surface area contributed by atoms with Crippen LogP contribution in [0.5, 0.6) is 0 Å².